The van der Waals surface area contributed by atoms with Gasteiger partial charge < -0.3 is 15.6 Å². The van der Waals surface area contributed by atoms with Crippen LogP contribution in [0.2, 0.25) is 5.02 Å². The maximum absolute atomic E-state index is 10.8. The SMILES string of the molecule is COc1ccc(Cl)cc1C(S)C(N)C(=O)O. The van der Waals surface area contributed by atoms with Gasteiger partial charge in [-0.05, 0) is 18.2 Å². The highest BCUT2D eigenvalue weighted by Crippen LogP contribution is 2.33. The van der Waals surface area contributed by atoms with Crippen molar-refractivity contribution in [2.45, 2.75) is 11.3 Å². The number of nitrogens with two attached hydrogens (primary N) is 1. The Morgan fingerprint density at radius 3 is 2.75 bits per heavy atom. The van der Waals surface area contributed by atoms with Crippen molar-refractivity contribution in [2.75, 3.05) is 7.11 Å². The Hall–Kier alpha value is -0.910. The molecule has 0 aliphatic rings. The standard InChI is InChI=1S/C10H12ClNO3S/c1-15-7-3-2-5(11)4-6(7)9(16)8(12)10(13)14/h2-4,8-9,16H,12H2,1H3,(H,13,14). The van der Waals surface area contributed by atoms with Crippen LogP contribution >= 0.6 is 24.2 Å². The average molecular weight is 262 g/mol. The average Bonchev–Trinajstić information content (AvgIpc) is 2.26. The Bertz CT molecular complexity index is 400. The molecule has 0 heterocycles. The topological polar surface area (TPSA) is 72.5 Å². The second kappa shape index (κ2) is 5.43. The quantitative estimate of drug-likeness (QED) is 0.722. The zero-order valence-corrected chi connectivity index (χ0v) is 10.2. The van der Waals surface area contributed by atoms with Crippen LogP contribution in [0.3, 0.4) is 0 Å². The van der Waals surface area contributed by atoms with Crippen LogP contribution in [-0.4, -0.2) is 24.2 Å². The van der Waals surface area contributed by atoms with E-state index >= 15 is 0 Å². The second-order valence-corrected chi connectivity index (χ2v) is 4.19. The van der Waals surface area contributed by atoms with Crippen LogP contribution in [0.5, 0.6) is 5.75 Å². The maximum atomic E-state index is 10.8. The molecule has 0 spiro atoms. The number of thiol groups is 1. The highest BCUT2D eigenvalue weighted by atomic mass is 35.5. The van der Waals surface area contributed by atoms with E-state index in [9.17, 15) is 4.79 Å². The summed E-state index contributed by atoms with van der Waals surface area (Å²) in [6.07, 6.45) is 0. The monoisotopic (exact) mass is 261 g/mol. The summed E-state index contributed by atoms with van der Waals surface area (Å²) in [5.41, 5.74) is 6.05. The molecule has 0 aromatic heterocycles. The molecule has 1 aromatic rings. The molecule has 0 saturated heterocycles. The van der Waals surface area contributed by atoms with Crippen LogP contribution in [0.4, 0.5) is 0 Å². The van der Waals surface area contributed by atoms with Crippen molar-refractivity contribution in [2.24, 2.45) is 5.73 Å². The first-order chi connectivity index (χ1) is 7.47. The maximum Gasteiger partial charge on any atom is 0.321 e. The van der Waals surface area contributed by atoms with Crippen LogP contribution in [0, 0.1) is 0 Å². The molecule has 16 heavy (non-hydrogen) atoms. The Balaban J connectivity index is 3.10. The summed E-state index contributed by atoms with van der Waals surface area (Å²) in [6, 6.07) is 3.78. The smallest absolute Gasteiger partial charge is 0.321 e. The van der Waals surface area contributed by atoms with Crippen LogP contribution in [0.1, 0.15) is 10.8 Å². The van der Waals surface area contributed by atoms with E-state index in [0.29, 0.717) is 16.3 Å². The summed E-state index contributed by atoms with van der Waals surface area (Å²) < 4.78 is 5.10. The van der Waals surface area contributed by atoms with Crippen molar-refractivity contribution in [3.63, 3.8) is 0 Å². The molecule has 3 N–H and O–H groups in total. The molecule has 0 bridgehead atoms. The summed E-state index contributed by atoms with van der Waals surface area (Å²) in [7, 11) is 1.49. The number of hydrogen-bond acceptors (Lipinski definition) is 4. The highest BCUT2D eigenvalue weighted by Gasteiger charge is 2.25. The molecule has 0 saturated carbocycles. The van der Waals surface area contributed by atoms with Gasteiger partial charge in [0.15, 0.2) is 0 Å². The van der Waals surface area contributed by atoms with E-state index in [1.54, 1.807) is 18.2 Å². The molecule has 1 aromatic carbocycles. The summed E-state index contributed by atoms with van der Waals surface area (Å²) >= 11 is 10.0. The Morgan fingerprint density at radius 1 is 1.62 bits per heavy atom. The summed E-state index contributed by atoms with van der Waals surface area (Å²) in [4.78, 5) is 10.8. The lowest BCUT2D eigenvalue weighted by molar-refractivity contribution is -0.138. The van der Waals surface area contributed by atoms with Gasteiger partial charge in [-0.15, -0.1) is 0 Å². The van der Waals surface area contributed by atoms with Crippen molar-refractivity contribution < 1.29 is 14.6 Å². The molecule has 88 valence electrons. The molecule has 2 unspecified atom stereocenters. The number of rotatable bonds is 4. The predicted molar refractivity (Wildman–Crippen MR) is 65.3 cm³/mol. The lowest BCUT2D eigenvalue weighted by atomic mass is 10.0. The third kappa shape index (κ3) is 2.81. The molecule has 4 nitrogen and oxygen atoms in total. The number of aliphatic carboxylic acids is 1. The minimum absolute atomic E-state index is 0.479. The third-order valence-electron chi connectivity index (χ3n) is 2.14. The second-order valence-electron chi connectivity index (χ2n) is 3.20. The van der Waals surface area contributed by atoms with E-state index in [-0.39, 0.29) is 0 Å². The van der Waals surface area contributed by atoms with Crippen molar-refractivity contribution in [3.05, 3.63) is 28.8 Å². The van der Waals surface area contributed by atoms with E-state index in [1.165, 1.54) is 7.11 Å². The van der Waals surface area contributed by atoms with Crippen LogP contribution < -0.4 is 10.5 Å². The molecule has 0 aliphatic heterocycles. The Kier molecular flexibility index (Phi) is 4.46. The van der Waals surface area contributed by atoms with Gasteiger partial charge in [0.05, 0.1) is 12.4 Å². The van der Waals surface area contributed by atoms with Gasteiger partial charge in [-0.25, -0.2) is 0 Å². The summed E-state index contributed by atoms with van der Waals surface area (Å²) in [5, 5.41) is 8.60. The fraction of sp³-hybridized carbons (Fsp3) is 0.300. The molecular weight excluding hydrogens is 250 g/mol. The van der Waals surface area contributed by atoms with E-state index in [0.717, 1.165) is 0 Å². The third-order valence-corrected chi connectivity index (χ3v) is 2.97. The van der Waals surface area contributed by atoms with E-state index < -0.39 is 17.3 Å². The molecule has 1 rings (SSSR count). The molecular formula is C10H12ClNO3S. The van der Waals surface area contributed by atoms with Gasteiger partial charge >= 0.3 is 5.97 Å². The van der Waals surface area contributed by atoms with Gasteiger partial charge in [-0.3, -0.25) is 4.79 Å². The van der Waals surface area contributed by atoms with E-state index in [1.807, 2.05) is 0 Å². The van der Waals surface area contributed by atoms with Gasteiger partial charge in [-0.1, -0.05) is 11.6 Å². The largest absolute Gasteiger partial charge is 0.496 e. The molecule has 0 amide bonds. The van der Waals surface area contributed by atoms with Crippen molar-refractivity contribution >= 4 is 30.2 Å². The number of methoxy groups -OCH3 is 1. The normalized spacial score (nSPS) is 14.2. The first-order valence-corrected chi connectivity index (χ1v) is 5.36. The highest BCUT2D eigenvalue weighted by molar-refractivity contribution is 7.80. The molecule has 0 fully saturated rings. The number of ether oxygens (including phenoxy) is 1. The van der Waals surface area contributed by atoms with Crippen molar-refractivity contribution in [3.8, 4) is 5.75 Å². The van der Waals surface area contributed by atoms with Gasteiger partial charge in [0.25, 0.3) is 0 Å². The van der Waals surface area contributed by atoms with Crippen LogP contribution in [0.25, 0.3) is 0 Å². The minimum atomic E-state index is -1.12. The van der Waals surface area contributed by atoms with E-state index in [4.69, 9.17) is 27.2 Å². The summed E-state index contributed by atoms with van der Waals surface area (Å²) in [6.45, 7) is 0. The molecule has 0 radical (unpaired) electrons. The minimum Gasteiger partial charge on any atom is -0.496 e. The number of halogens is 1. The number of carbonyl (C=O) groups is 1. The fourth-order valence-electron chi connectivity index (χ4n) is 1.26. The fourth-order valence-corrected chi connectivity index (χ4v) is 1.77. The summed E-state index contributed by atoms with van der Waals surface area (Å²) in [5.74, 6) is -0.608. The van der Waals surface area contributed by atoms with Crippen LogP contribution in [-0.2, 0) is 4.79 Å². The Morgan fingerprint density at radius 2 is 2.25 bits per heavy atom. The van der Waals surface area contributed by atoms with Crippen molar-refractivity contribution in [1.82, 2.24) is 0 Å². The number of benzene rings is 1. The molecule has 6 heteroatoms. The first-order valence-electron chi connectivity index (χ1n) is 4.47. The lowest BCUT2D eigenvalue weighted by Crippen LogP contribution is -2.34. The molecule has 0 aliphatic carbocycles. The van der Waals surface area contributed by atoms with E-state index in [2.05, 4.69) is 12.6 Å². The Labute approximate surface area is 104 Å². The van der Waals surface area contributed by atoms with Gasteiger partial charge in [-0.2, -0.15) is 12.6 Å². The van der Waals surface area contributed by atoms with Crippen molar-refractivity contribution in [1.29, 1.82) is 0 Å². The zero-order chi connectivity index (χ0) is 12.3. The lowest BCUT2D eigenvalue weighted by Gasteiger charge is -2.18. The van der Waals surface area contributed by atoms with Gasteiger partial charge in [0.1, 0.15) is 11.8 Å². The number of hydrogen-bond donors (Lipinski definition) is 3. The number of carboxylic acid groups (broad SMARTS) is 1. The number of carboxylic acids is 1. The van der Waals surface area contributed by atoms with Gasteiger partial charge in [0.2, 0.25) is 0 Å². The molecule has 2 atom stereocenters. The first kappa shape index (κ1) is 13.2. The predicted octanol–water partition coefficient (Wildman–Crippen LogP) is 1.73. The zero-order valence-electron chi connectivity index (χ0n) is 8.55. The van der Waals surface area contributed by atoms with Gasteiger partial charge in [0, 0.05) is 10.6 Å². The van der Waals surface area contributed by atoms with Crippen LogP contribution in [0.15, 0.2) is 18.2 Å².